The first-order valence-corrected chi connectivity index (χ1v) is 5.87. The fourth-order valence-corrected chi connectivity index (χ4v) is 1.57. The van der Waals surface area contributed by atoms with Crippen molar-refractivity contribution < 1.29 is 19.2 Å². The Bertz CT molecular complexity index is 414. The maximum absolute atomic E-state index is 11.7. The maximum Gasteiger partial charge on any atom is 0.303 e. The van der Waals surface area contributed by atoms with Crippen LogP contribution in [0.1, 0.15) is 37.1 Å². The van der Waals surface area contributed by atoms with Crippen molar-refractivity contribution >= 4 is 11.9 Å². The highest BCUT2D eigenvalue weighted by atomic mass is 16.5. The van der Waals surface area contributed by atoms with Gasteiger partial charge in [-0.1, -0.05) is 5.16 Å². The summed E-state index contributed by atoms with van der Waals surface area (Å²) in [6, 6.07) is 1.79. The average Bonchev–Trinajstić information content (AvgIpc) is 2.69. The van der Waals surface area contributed by atoms with E-state index in [1.807, 2.05) is 0 Å². The van der Waals surface area contributed by atoms with Crippen LogP contribution in [0, 0.1) is 6.92 Å². The van der Waals surface area contributed by atoms with Gasteiger partial charge in [0, 0.05) is 26.0 Å². The molecule has 0 aliphatic heterocycles. The molecule has 0 saturated heterocycles. The van der Waals surface area contributed by atoms with Gasteiger partial charge in [-0.3, -0.25) is 9.59 Å². The van der Waals surface area contributed by atoms with Crippen molar-refractivity contribution in [2.24, 2.45) is 0 Å². The van der Waals surface area contributed by atoms with E-state index < -0.39 is 5.97 Å². The number of aliphatic carboxylic acids is 1. The van der Waals surface area contributed by atoms with Gasteiger partial charge in [0.15, 0.2) is 0 Å². The molecule has 0 unspecified atom stereocenters. The lowest BCUT2D eigenvalue weighted by Crippen LogP contribution is -2.26. The molecule has 0 atom stereocenters. The smallest absolute Gasteiger partial charge is 0.303 e. The predicted octanol–water partition coefficient (Wildman–Crippen LogP) is 1.59. The van der Waals surface area contributed by atoms with Gasteiger partial charge in [-0.25, -0.2) is 0 Å². The molecular formula is C12H18N2O4. The van der Waals surface area contributed by atoms with Gasteiger partial charge in [0.2, 0.25) is 5.91 Å². The number of carboxylic acid groups (broad SMARTS) is 1. The number of carbonyl (C=O) groups is 2. The van der Waals surface area contributed by atoms with E-state index in [4.69, 9.17) is 9.63 Å². The zero-order valence-corrected chi connectivity index (χ0v) is 10.7. The van der Waals surface area contributed by atoms with Crippen molar-refractivity contribution in [3.8, 4) is 0 Å². The highest BCUT2D eigenvalue weighted by Gasteiger charge is 2.11. The Hall–Kier alpha value is -1.85. The van der Waals surface area contributed by atoms with E-state index in [1.54, 1.807) is 24.9 Å². The van der Waals surface area contributed by atoms with Crippen LogP contribution in [0.5, 0.6) is 0 Å². The van der Waals surface area contributed by atoms with E-state index in [0.717, 1.165) is 0 Å². The molecule has 0 radical (unpaired) electrons. The fraction of sp³-hybridized carbons (Fsp3) is 0.583. The Labute approximate surface area is 106 Å². The summed E-state index contributed by atoms with van der Waals surface area (Å²) in [4.78, 5) is 23.6. The van der Waals surface area contributed by atoms with Gasteiger partial charge in [0.25, 0.3) is 0 Å². The second-order valence-electron chi connectivity index (χ2n) is 4.28. The number of unbranched alkanes of at least 4 members (excludes halogenated alkanes) is 1. The SMILES string of the molecule is Cc1cc(CN(C)C(=O)CCCCC(=O)O)no1. The number of aryl methyl sites for hydroxylation is 1. The number of hydrogen-bond acceptors (Lipinski definition) is 4. The summed E-state index contributed by atoms with van der Waals surface area (Å²) in [5, 5.41) is 12.3. The second-order valence-corrected chi connectivity index (χ2v) is 4.28. The molecule has 100 valence electrons. The van der Waals surface area contributed by atoms with E-state index in [-0.39, 0.29) is 12.3 Å². The normalized spacial score (nSPS) is 10.3. The zero-order chi connectivity index (χ0) is 13.5. The van der Waals surface area contributed by atoms with Crippen molar-refractivity contribution in [3.63, 3.8) is 0 Å². The molecule has 0 aliphatic rings. The molecule has 0 saturated carbocycles. The van der Waals surface area contributed by atoms with E-state index >= 15 is 0 Å². The second kappa shape index (κ2) is 6.78. The Morgan fingerprint density at radius 2 is 2.06 bits per heavy atom. The molecule has 1 heterocycles. The minimum Gasteiger partial charge on any atom is -0.481 e. The first-order chi connectivity index (χ1) is 8.49. The zero-order valence-electron chi connectivity index (χ0n) is 10.7. The summed E-state index contributed by atoms with van der Waals surface area (Å²) in [6.07, 6.45) is 1.59. The van der Waals surface area contributed by atoms with Crippen LogP contribution in [-0.2, 0) is 16.1 Å². The Morgan fingerprint density at radius 3 is 2.61 bits per heavy atom. The lowest BCUT2D eigenvalue weighted by atomic mass is 10.2. The van der Waals surface area contributed by atoms with E-state index in [1.165, 1.54) is 0 Å². The first-order valence-electron chi connectivity index (χ1n) is 5.87. The molecule has 1 amide bonds. The highest BCUT2D eigenvalue weighted by molar-refractivity contribution is 5.75. The summed E-state index contributed by atoms with van der Waals surface area (Å²) in [7, 11) is 1.70. The summed E-state index contributed by atoms with van der Waals surface area (Å²) < 4.78 is 4.92. The minimum atomic E-state index is -0.825. The molecule has 18 heavy (non-hydrogen) atoms. The quantitative estimate of drug-likeness (QED) is 0.747. The van der Waals surface area contributed by atoms with Crippen molar-refractivity contribution in [3.05, 3.63) is 17.5 Å². The third kappa shape index (κ3) is 4.99. The number of carboxylic acids is 1. The molecule has 1 N–H and O–H groups in total. The van der Waals surface area contributed by atoms with Gasteiger partial charge in [-0.2, -0.15) is 0 Å². The van der Waals surface area contributed by atoms with Gasteiger partial charge in [-0.05, 0) is 19.8 Å². The number of nitrogens with zero attached hydrogens (tertiary/aromatic N) is 2. The molecule has 1 aromatic heterocycles. The van der Waals surface area contributed by atoms with Gasteiger partial charge < -0.3 is 14.5 Å². The van der Waals surface area contributed by atoms with Crippen LogP contribution < -0.4 is 0 Å². The van der Waals surface area contributed by atoms with Crippen LogP contribution in [0.15, 0.2) is 10.6 Å². The maximum atomic E-state index is 11.7. The number of hydrogen-bond donors (Lipinski definition) is 1. The standard InChI is InChI=1S/C12H18N2O4/c1-9-7-10(13-18-9)8-14(2)11(15)5-3-4-6-12(16)17/h7H,3-6,8H2,1-2H3,(H,16,17). The topological polar surface area (TPSA) is 83.6 Å². The summed E-state index contributed by atoms with van der Waals surface area (Å²) in [6.45, 7) is 2.21. The molecule has 0 fully saturated rings. The summed E-state index contributed by atoms with van der Waals surface area (Å²) in [5.74, 6) is -0.123. The summed E-state index contributed by atoms with van der Waals surface area (Å²) >= 11 is 0. The first kappa shape index (κ1) is 14.2. The average molecular weight is 254 g/mol. The van der Waals surface area contributed by atoms with Crippen LogP contribution >= 0.6 is 0 Å². The highest BCUT2D eigenvalue weighted by Crippen LogP contribution is 2.07. The lowest BCUT2D eigenvalue weighted by Gasteiger charge is -2.15. The number of rotatable bonds is 7. The van der Waals surface area contributed by atoms with Crippen molar-refractivity contribution in [1.29, 1.82) is 0 Å². The molecule has 1 aromatic rings. The van der Waals surface area contributed by atoms with E-state index in [2.05, 4.69) is 5.16 Å². The molecular weight excluding hydrogens is 236 g/mol. The van der Waals surface area contributed by atoms with Crippen molar-refractivity contribution in [2.45, 2.75) is 39.2 Å². The number of aromatic nitrogens is 1. The van der Waals surface area contributed by atoms with Crippen LogP contribution in [-0.4, -0.2) is 34.1 Å². The van der Waals surface area contributed by atoms with Crippen molar-refractivity contribution in [1.82, 2.24) is 10.1 Å². The third-order valence-electron chi connectivity index (χ3n) is 2.53. The fourth-order valence-electron chi connectivity index (χ4n) is 1.57. The van der Waals surface area contributed by atoms with Gasteiger partial charge in [0.05, 0.1) is 6.54 Å². The van der Waals surface area contributed by atoms with Gasteiger partial charge in [0.1, 0.15) is 11.5 Å². The Balaban J connectivity index is 2.26. The van der Waals surface area contributed by atoms with Crippen LogP contribution in [0.2, 0.25) is 0 Å². The predicted molar refractivity (Wildman–Crippen MR) is 63.8 cm³/mol. The van der Waals surface area contributed by atoms with Crippen LogP contribution in [0.25, 0.3) is 0 Å². The lowest BCUT2D eigenvalue weighted by molar-refractivity contribution is -0.137. The third-order valence-corrected chi connectivity index (χ3v) is 2.53. The molecule has 0 spiro atoms. The van der Waals surface area contributed by atoms with E-state index in [0.29, 0.717) is 37.3 Å². The molecule has 6 heteroatoms. The molecule has 0 aromatic carbocycles. The van der Waals surface area contributed by atoms with Gasteiger partial charge in [-0.15, -0.1) is 0 Å². The Kier molecular flexibility index (Phi) is 5.35. The molecule has 0 aliphatic carbocycles. The van der Waals surface area contributed by atoms with Gasteiger partial charge >= 0.3 is 5.97 Å². The summed E-state index contributed by atoms with van der Waals surface area (Å²) in [5.41, 5.74) is 0.717. The number of amides is 1. The molecule has 0 bridgehead atoms. The number of carbonyl (C=O) groups excluding carboxylic acids is 1. The van der Waals surface area contributed by atoms with Crippen LogP contribution in [0.4, 0.5) is 0 Å². The molecule has 6 nitrogen and oxygen atoms in total. The van der Waals surface area contributed by atoms with E-state index in [9.17, 15) is 9.59 Å². The Morgan fingerprint density at radius 1 is 1.39 bits per heavy atom. The molecule has 1 rings (SSSR count). The monoisotopic (exact) mass is 254 g/mol. The van der Waals surface area contributed by atoms with Crippen LogP contribution in [0.3, 0.4) is 0 Å². The van der Waals surface area contributed by atoms with Crippen molar-refractivity contribution in [2.75, 3.05) is 7.05 Å². The largest absolute Gasteiger partial charge is 0.481 e. The minimum absolute atomic E-state index is 0.0129.